The highest BCUT2D eigenvalue weighted by molar-refractivity contribution is 7.48. The van der Waals surface area contributed by atoms with E-state index in [9.17, 15) is 9.36 Å². The van der Waals surface area contributed by atoms with Crippen molar-refractivity contribution in [1.82, 2.24) is 0 Å². The van der Waals surface area contributed by atoms with Crippen molar-refractivity contribution in [3.63, 3.8) is 0 Å². The molecule has 0 amide bonds. The van der Waals surface area contributed by atoms with Crippen molar-refractivity contribution in [3.05, 3.63) is 41.2 Å². The van der Waals surface area contributed by atoms with Crippen LogP contribution in [0, 0.1) is 5.92 Å². The van der Waals surface area contributed by atoms with Crippen molar-refractivity contribution >= 4 is 13.8 Å². The Hall–Kier alpha value is -1.86. The molecular weight excluding hydrogens is 363 g/mol. The summed E-state index contributed by atoms with van der Waals surface area (Å²) in [5.74, 6) is 0.0436. The van der Waals surface area contributed by atoms with Gasteiger partial charge in [0.1, 0.15) is 18.1 Å². The number of ether oxygens (including phenoxy) is 3. The van der Waals surface area contributed by atoms with Gasteiger partial charge in [0.15, 0.2) is 0 Å². The average Bonchev–Trinajstić information content (AvgIpc) is 3.02. The third kappa shape index (κ3) is 5.08. The molecule has 9 heteroatoms. The van der Waals surface area contributed by atoms with Crippen molar-refractivity contribution in [1.29, 1.82) is 0 Å². The molecule has 0 radical (unpaired) electrons. The average molecular weight is 386 g/mol. The Labute approximate surface area is 152 Å². The number of hydrogen-bond acceptors (Lipinski definition) is 8. The van der Waals surface area contributed by atoms with Crippen LogP contribution in [0.25, 0.3) is 0 Å². The predicted octanol–water partition coefficient (Wildman–Crippen LogP) is 3.08. The Morgan fingerprint density at radius 1 is 1.19 bits per heavy atom. The number of phosphoric ester groups is 1. The van der Waals surface area contributed by atoms with Gasteiger partial charge in [-0.15, -0.1) is 0 Å². The molecule has 0 bridgehead atoms. The van der Waals surface area contributed by atoms with Gasteiger partial charge in [0.25, 0.3) is 0 Å². The van der Waals surface area contributed by atoms with Crippen LogP contribution < -0.4 is 4.74 Å². The van der Waals surface area contributed by atoms with Gasteiger partial charge in [-0.25, -0.2) is 9.36 Å². The third-order valence-corrected chi connectivity index (χ3v) is 5.26. The van der Waals surface area contributed by atoms with E-state index < -0.39 is 13.8 Å². The molecule has 1 atom stereocenters. The summed E-state index contributed by atoms with van der Waals surface area (Å²) in [6.45, 7) is 2.30. The van der Waals surface area contributed by atoms with Gasteiger partial charge >= 0.3 is 13.8 Å². The van der Waals surface area contributed by atoms with E-state index in [-0.39, 0.29) is 30.5 Å². The van der Waals surface area contributed by atoms with E-state index in [1.54, 1.807) is 7.11 Å². The Balaban J connectivity index is 1.99. The van der Waals surface area contributed by atoms with E-state index in [1.807, 2.05) is 24.3 Å². The van der Waals surface area contributed by atoms with E-state index in [2.05, 4.69) is 0 Å². The van der Waals surface area contributed by atoms with Crippen LogP contribution >= 0.6 is 7.82 Å². The van der Waals surface area contributed by atoms with Crippen LogP contribution in [0.2, 0.25) is 0 Å². The Kier molecular flexibility index (Phi) is 7.23. The maximum absolute atomic E-state index is 12.1. The zero-order valence-corrected chi connectivity index (χ0v) is 16.1. The number of benzene rings is 1. The second-order valence-corrected chi connectivity index (χ2v) is 7.34. The molecule has 0 spiro atoms. The monoisotopic (exact) mass is 386 g/mol. The Morgan fingerprint density at radius 2 is 1.85 bits per heavy atom. The number of rotatable bonds is 9. The molecule has 1 unspecified atom stereocenters. The van der Waals surface area contributed by atoms with Gasteiger partial charge in [-0.2, -0.15) is 0 Å². The summed E-state index contributed by atoms with van der Waals surface area (Å²) < 4.78 is 42.6. The molecule has 144 valence electrons. The maximum Gasteiger partial charge on any atom is 0.529 e. The minimum Gasteiger partial charge on any atom is -0.497 e. The lowest BCUT2D eigenvalue weighted by molar-refractivity contribution is -0.135. The largest absolute Gasteiger partial charge is 0.529 e. The zero-order valence-electron chi connectivity index (χ0n) is 15.2. The molecule has 1 aliphatic rings. The van der Waals surface area contributed by atoms with Crippen LogP contribution in [-0.4, -0.2) is 40.5 Å². The maximum atomic E-state index is 12.1. The van der Waals surface area contributed by atoms with Gasteiger partial charge in [-0.3, -0.25) is 9.05 Å². The van der Waals surface area contributed by atoms with E-state index in [1.165, 1.54) is 21.1 Å². The minimum atomic E-state index is -3.74. The first kappa shape index (κ1) is 20.5. The second-order valence-electron chi connectivity index (χ2n) is 5.53. The van der Waals surface area contributed by atoms with Gasteiger partial charge in [0.2, 0.25) is 0 Å². The molecule has 1 aliphatic heterocycles. The fourth-order valence-electron chi connectivity index (χ4n) is 2.47. The first-order valence-electron chi connectivity index (χ1n) is 7.92. The number of hydrogen-bond donors (Lipinski definition) is 0. The molecule has 2 rings (SSSR count). The smallest absolute Gasteiger partial charge is 0.497 e. The number of allylic oxidation sites excluding steroid dienone is 1. The molecule has 1 fully saturated rings. The van der Waals surface area contributed by atoms with Crippen LogP contribution in [0.1, 0.15) is 12.5 Å². The second kappa shape index (κ2) is 9.19. The summed E-state index contributed by atoms with van der Waals surface area (Å²) in [4.78, 5) is 12.0. The van der Waals surface area contributed by atoms with Gasteiger partial charge < -0.3 is 18.7 Å². The summed E-state index contributed by atoms with van der Waals surface area (Å²) in [6.07, 6.45) is 0. The Bertz CT molecular complexity index is 689. The van der Waals surface area contributed by atoms with Gasteiger partial charge in [0.05, 0.1) is 31.8 Å². The number of esters is 1. The lowest BCUT2D eigenvalue weighted by Gasteiger charge is -2.17. The number of carbonyl (C=O) groups is 1. The van der Waals surface area contributed by atoms with Crippen LogP contribution in [0.15, 0.2) is 35.6 Å². The molecule has 0 aromatic heterocycles. The number of phosphoric acid groups is 1. The van der Waals surface area contributed by atoms with Crippen LogP contribution in [-0.2, 0) is 39.0 Å². The quantitative estimate of drug-likeness (QED) is 0.277. The fourth-order valence-corrected chi connectivity index (χ4v) is 3.21. The first-order chi connectivity index (χ1) is 12.4. The highest BCUT2D eigenvalue weighted by Gasteiger charge is 2.36. The third-order valence-electron chi connectivity index (χ3n) is 3.87. The first-order valence-corrected chi connectivity index (χ1v) is 9.38. The highest BCUT2D eigenvalue weighted by Crippen LogP contribution is 2.50. The summed E-state index contributed by atoms with van der Waals surface area (Å²) >= 11 is 0. The van der Waals surface area contributed by atoms with Crippen molar-refractivity contribution in [2.45, 2.75) is 13.5 Å². The van der Waals surface area contributed by atoms with Gasteiger partial charge in [-0.1, -0.05) is 12.1 Å². The highest BCUT2D eigenvalue weighted by atomic mass is 31.2. The van der Waals surface area contributed by atoms with Crippen molar-refractivity contribution in [2.24, 2.45) is 5.92 Å². The minimum absolute atomic E-state index is 0.137. The van der Waals surface area contributed by atoms with Crippen LogP contribution in [0.4, 0.5) is 0 Å². The molecular formula is C17H23O8P. The molecule has 0 saturated carbocycles. The summed E-state index contributed by atoms with van der Waals surface area (Å²) in [5, 5.41) is 0. The van der Waals surface area contributed by atoms with Crippen molar-refractivity contribution < 1.29 is 37.1 Å². The van der Waals surface area contributed by atoms with E-state index in [0.717, 1.165) is 11.3 Å². The lowest BCUT2D eigenvalue weighted by Crippen LogP contribution is -2.14. The van der Waals surface area contributed by atoms with Crippen molar-refractivity contribution in [2.75, 3.05) is 34.5 Å². The van der Waals surface area contributed by atoms with Crippen LogP contribution in [0.3, 0.4) is 0 Å². The van der Waals surface area contributed by atoms with Gasteiger partial charge in [-0.05, 0) is 24.6 Å². The topological polar surface area (TPSA) is 89.5 Å². The normalized spacial score (nSPS) is 19.2. The molecule has 8 nitrogen and oxygen atoms in total. The van der Waals surface area contributed by atoms with E-state index >= 15 is 0 Å². The number of cyclic esters (lactones) is 1. The summed E-state index contributed by atoms with van der Waals surface area (Å²) in [6, 6.07) is 7.48. The summed E-state index contributed by atoms with van der Waals surface area (Å²) in [7, 11) is 0.260. The number of methoxy groups -OCH3 is 1. The molecule has 1 heterocycles. The van der Waals surface area contributed by atoms with Gasteiger partial charge in [0, 0.05) is 14.2 Å². The van der Waals surface area contributed by atoms with Crippen molar-refractivity contribution in [3.8, 4) is 5.75 Å². The van der Waals surface area contributed by atoms with E-state index in [0.29, 0.717) is 6.61 Å². The zero-order chi connectivity index (χ0) is 19.2. The Morgan fingerprint density at radius 3 is 2.42 bits per heavy atom. The fraction of sp³-hybridized carbons (Fsp3) is 0.471. The molecule has 0 N–H and O–H groups in total. The van der Waals surface area contributed by atoms with Crippen LogP contribution in [0.5, 0.6) is 5.75 Å². The molecule has 0 aliphatic carbocycles. The molecule has 1 saturated heterocycles. The molecule has 26 heavy (non-hydrogen) atoms. The molecule has 1 aromatic rings. The molecule has 1 aromatic carbocycles. The summed E-state index contributed by atoms with van der Waals surface area (Å²) in [5.41, 5.74) is 1.24. The standard InChI is InChI=1S/C17H23O8P/c1-12(25-26(19,21-3)22-4)16-14(11-24-17(16)18)10-23-9-13-5-7-15(20-2)8-6-13/h5-8,14H,9-11H2,1-4H3/b16-12+. The van der Waals surface area contributed by atoms with E-state index in [4.69, 9.17) is 27.8 Å². The predicted molar refractivity (Wildman–Crippen MR) is 92.5 cm³/mol. The lowest BCUT2D eigenvalue weighted by atomic mass is 10.0. The number of carbonyl (C=O) groups excluding carboxylic acids is 1. The SMILES string of the molecule is COc1ccc(COCC2COC(=O)/C2=C(\C)OP(=O)(OC)OC)cc1.